The van der Waals surface area contributed by atoms with Crippen molar-refractivity contribution in [3.05, 3.63) is 47.8 Å². The van der Waals surface area contributed by atoms with E-state index in [4.69, 9.17) is 0 Å². The molecule has 0 radical (unpaired) electrons. The Morgan fingerprint density at radius 2 is 2.25 bits per heavy atom. The number of imidazole rings is 1. The van der Waals surface area contributed by atoms with Gasteiger partial charge in [-0.3, -0.25) is 0 Å². The van der Waals surface area contributed by atoms with Gasteiger partial charge in [0.2, 0.25) is 5.95 Å². The molecule has 16 heavy (non-hydrogen) atoms. The molecule has 0 amide bonds. The lowest BCUT2D eigenvalue weighted by molar-refractivity contribution is 0.541. The molecule has 1 aliphatic heterocycles. The Hall–Kier alpha value is -1.77. The molecule has 0 saturated heterocycles. The van der Waals surface area contributed by atoms with E-state index in [1.54, 1.807) is 0 Å². The van der Waals surface area contributed by atoms with Crippen LogP contribution in [0.2, 0.25) is 0 Å². The molecule has 2 heterocycles. The van der Waals surface area contributed by atoms with Crippen LogP contribution in [0.15, 0.2) is 36.7 Å². The number of hydrogen-bond donors (Lipinski definition) is 1. The van der Waals surface area contributed by atoms with Crippen LogP contribution in [0.3, 0.4) is 0 Å². The second-order valence-electron chi connectivity index (χ2n) is 4.29. The van der Waals surface area contributed by atoms with Gasteiger partial charge in [-0.15, -0.1) is 0 Å². The molecule has 3 rings (SSSR count). The van der Waals surface area contributed by atoms with Gasteiger partial charge in [-0.2, -0.15) is 0 Å². The lowest BCUT2D eigenvalue weighted by Gasteiger charge is -2.26. The van der Waals surface area contributed by atoms with Gasteiger partial charge in [0.25, 0.3) is 0 Å². The SMILES string of the molecule is Cc1ccccc1C1CCn2ccnc2N1. The maximum Gasteiger partial charge on any atom is 0.203 e. The maximum atomic E-state index is 4.31. The summed E-state index contributed by atoms with van der Waals surface area (Å²) in [6.45, 7) is 3.21. The average molecular weight is 213 g/mol. The van der Waals surface area contributed by atoms with E-state index < -0.39 is 0 Å². The van der Waals surface area contributed by atoms with Crippen LogP contribution < -0.4 is 5.32 Å². The number of rotatable bonds is 1. The third-order valence-corrected chi connectivity index (χ3v) is 3.24. The first-order valence-electron chi connectivity index (χ1n) is 5.68. The third kappa shape index (κ3) is 1.48. The Morgan fingerprint density at radius 3 is 3.12 bits per heavy atom. The fraction of sp³-hybridized carbons (Fsp3) is 0.308. The molecule has 1 aromatic carbocycles. The number of aromatic nitrogens is 2. The van der Waals surface area contributed by atoms with Gasteiger partial charge in [0, 0.05) is 18.9 Å². The zero-order chi connectivity index (χ0) is 11.0. The molecular formula is C13H15N3. The minimum Gasteiger partial charge on any atom is -0.349 e. The highest BCUT2D eigenvalue weighted by molar-refractivity contribution is 5.38. The Kier molecular flexibility index (Phi) is 2.17. The number of fused-ring (bicyclic) bond motifs is 1. The Morgan fingerprint density at radius 1 is 1.38 bits per heavy atom. The predicted molar refractivity (Wildman–Crippen MR) is 64.4 cm³/mol. The molecule has 0 fully saturated rings. The van der Waals surface area contributed by atoms with Crippen LogP contribution >= 0.6 is 0 Å². The lowest BCUT2D eigenvalue weighted by Crippen LogP contribution is -2.22. The molecule has 0 aliphatic carbocycles. The highest BCUT2D eigenvalue weighted by atomic mass is 15.2. The molecule has 0 saturated carbocycles. The summed E-state index contributed by atoms with van der Waals surface area (Å²) < 4.78 is 2.16. The number of nitrogens with zero attached hydrogens (tertiary/aromatic N) is 2. The first-order chi connectivity index (χ1) is 7.84. The van der Waals surface area contributed by atoms with E-state index in [1.807, 2.05) is 12.4 Å². The minimum absolute atomic E-state index is 0.399. The second kappa shape index (κ2) is 3.67. The van der Waals surface area contributed by atoms with E-state index >= 15 is 0 Å². The molecular weight excluding hydrogens is 198 g/mol. The van der Waals surface area contributed by atoms with E-state index in [1.165, 1.54) is 11.1 Å². The van der Waals surface area contributed by atoms with Crippen LogP contribution in [-0.4, -0.2) is 9.55 Å². The van der Waals surface area contributed by atoms with Gasteiger partial charge in [-0.25, -0.2) is 4.98 Å². The van der Waals surface area contributed by atoms with Gasteiger partial charge < -0.3 is 9.88 Å². The number of anilines is 1. The lowest BCUT2D eigenvalue weighted by atomic mass is 9.98. The summed E-state index contributed by atoms with van der Waals surface area (Å²) in [5, 5.41) is 3.49. The average Bonchev–Trinajstić information content (AvgIpc) is 2.76. The summed E-state index contributed by atoms with van der Waals surface area (Å²) >= 11 is 0. The molecule has 1 aromatic heterocycles. The Balaban J connectivity index is 1.92. The van der Waals surface area contributed by atoms with Gasteiger partial charge in [0.05, 0.1) is 6.04 Å². The van der Waals surface area contributed by atoms with E-state index in [2.05, 4.69) is 46.1 Å². The van der Waals surface area contributed by atoms with Crippen molar-refractivity contribution in [1.29, 1.82) is 0 Å². The molecule has 0 spiro atoms. The smallest absolute Gasteiger partial charge is 0.203 e. The fourth-order valence-corrected chi connectivity index (χ4v) is 2.34. The third-order valence-electron chi connectivity index (χ3n) is 3.24. The zero-order valence-corrected chi connectivity index (χ0v) is 9.35. The Bertz CT molecular complexity index is 501. The largest absolute Gasteiger partial charge is 0.349 e. The summed E-state index contributed by atoms with van der Waals surface area (Å²) in [4.78, 5) is 4.31. The van der Waals surface area contributed by atoms with Crippen LogP contribution in [0, 0.1) is 6.92 Å². The van der Waals surface area contributed by atoms with Crippen molar-refractivity contribution in [2.24, 2.45) is 0 Å². The molecule has 1 atom stereocenters. The van der Waals surface area contributed by atoms with Crippen LogP contribution in [0.5, 0.6) is 0 Å². The van der Waals surface area contributed by atoms with Gasteiger partial charge >= 0.3 is 0 Å². The number of benzene rings is 1. The summed E-state index contributed by atoms with van der Waals surface area (Å²) in [6, 6.07) is 8.95. The second-order valence-corrected chi connectivity index (χ2v) is 4.29. The molecule has 1 N–H and O–H groups in total. The molecule has 82 valence electrons. The van der Waals surface area contributed by atoms with Crippen molar-refractivity contribution in [1.82, 2.24) is 9.55 Å². The molecule has 1 aliphatic rings. The molecule has 3 nitrogen and oxygen atoms in total. The summed E-state index contributed by atoms with van der Waals surface area (Å²) in [6.07, 6.45) is 4.99. The van der Waals surface area contributed by atoms with Crippen LogP contribution in [0.25, 0.3) is 0 Å². The zero-order valence-electron chi connectivity index (χ0n) is 9.35. The highest BCUT2D eigenvalue weighted by Crippen LogP contribution is 2.28. The maximum absolute atomic E-state index is 4.31. The normalized spacial score (nSPS) is 18.9. The van der Waals surface area contributed by atoms with Crippen molar-refractivity contribution < 1.29 is 0 Å². The summed E-state index contributed by atoms with van der Waals surface area (Å²) in [5.41, 5.74) is 2.73. The van der Waals surface area contributed by atoms with Crippen molar-refractivity contribution in [2.75, 3.05) is 5.32 Å². The van der Waals surface area contributed by atoms with Gasteiger partial charge in [-0.1, -0.05) is 24.3 Å². The molecule has 2 aromatic rings. The van der Waals surface area contributed by atoms with Crippen LogP contribution in [0.1, 0.15) is 23.6 Å². The van der Waals surface area contributed by atoms with Crippen molar-refractivity contribution in [3.63, 3.8) is 0 Å². The van der Waals surface area contributed by atoms with Gasteiger partial charge in [-0.05, 0) is 24.5 Å². The van der Waals surface area contributed by atoms with Crippen LogP contribution in [-0.2, 0) is 6.54 Å². The van der Waals surface area contributed by atoms with E-state index in [-0.39, 0.29) is 0 Å². The minimum atomic E-state index is 0.399. The molecule has 3 heteroatoms. The molecule has 0 bridgehead atoms. The highest BCUT2D eigenvalue weighted by Gasteiger charge is 2.20. The van der Waals surface area contributed by atoms with Crippen molar-refractivity contribution in [2.45, 2.75) is 25.9 Å². The number of hydrogen-bond acceptors (Lipinski definition) is 2. The first kappa shape index (κ1) is 9.46. The molecule has 1 unspecified atom stereocenters. The standard InChI is InChI=1S/C13H15N3/c1-10-4-2-3-5-11(10)12-6-8-16-9-7-14-13(16)15-12/h2-5,7,9,12H,6,8H2,1H3,(H,14,15). The van der Waals surface area contributed by atoms with Gasteiger partial charge in [0.15, 0.2) is 0 Å². The van der Waals surface area contributed by atoms with Crippen molar-refractivity contribution in [3.8, 4) is 0 Å². The Labute approximate surface area is 95.1 Å². The fourth-order valence-electron chi connectivity index (χ4n) is 2.34. The van der Waals surface area contributed by atoms with Gasteiger partial charge in [0.1, 0.15) is 0 Å². The number of nitrogens with one attached hydrogen (secondary N) is 1. The topological polar surface area (TPSA) is 29.9 Å². The summed E-state index contributed by atoms with van der Waals surface area (Å²) in [7, 11) is 0. The van der Waals surface area contributed by atoms with E-state index in [9.17, 15) is 0 Å². The predicted octanol–water partition coefficient (Wildman–Crippen LogP) is 2.75. The van der Waals surface area contributed by atoms with E-state index in [0.717, 1.165) is 18.9 Å². The van der Waals surface area contributed by atoms with Crippen molar-refractivity contribution >= 4 is 5.95 Å². The van der Waals surface area contributed by atoms with E-state index in [0.29, 0.717) is 6.04 Å². The first-order valence-corrected chi connectivity index (χ1v) is 5.68. The quantitative estimate of drug-likeness (QED) is 0.789. The summed E-state index contributed by atoms with van der Waals surface area (Å²) in [5.74, 6) is 0.986. The monoisotopic (exact) mass is 213 g/mol. The van der Waals surface area contributed by atoms with Crippen LogP contribution in [0.4, 0.5) is 5.95 Å². The number of aryl methyl sites for hydroxylation is 2.